The fourth-order valence-corrected chi connectivity index (χ4v) is 2.60. The molecular weight excluding hydrogens is 305 g/mol. The highest BCUT2D eigenvalue weighted by Gasteiger charge is 2.23. The van der Waals surface area contributed by atoms with Gasteiger partial charge in [0.2, 0.25) is 0 Å². The summed E-state index contributed by atoms with van der Waals surface area (Å²) in [6.45, 7) is 3.75. The van der Waals surface area contributed by atoms with Crippen molar-refractivity contribution in [3.8, 4) is 0 Å². The first-order valence-corrected chi connectivity index (χ1v) is 7.56. The van der Waals surface area contributed by atoms with Gasteiger partial charge in [-0.2, -0.15) is 0 Å². The van der Waals surface area contributed by atoms with Gasteiger partial charge in [0.05, 0.1) is 16.6 Å². The van der Waals surface area contributed by atoms with Crippen LogP contribution in [-0.4, -0.2) is 15.5 Å². The Labute approximate surface area is 134 Å². The molecule has 118 valence electrons. The molecule has 1 unspecified atom stereocenters. The second-order valence-corrected chi connectivity index (χ2v) is 5.64. The van der Waals surface area contributed by atoms with Crippen molar-refractivity contribution in [2.45, 2.75) is 32.7 Å². The molecule has 1 aromatic carbocycles. The second-order valence-electron chi connectivity index (χ2n) is 5.26. The minimum Gasteiger partial charge on any atom is -0.342 e. The molecule has 0 aliphatic heterocycles. The number of imidazole rings is 1. The summed E-state index contributed by atoms with van der Waals surface area (Å²) in [4.78, 5) is 16.7. The fourth-order valence-electron chi connectivity index (χ4n) is 2.36. The number of halogens is 2. The zero-order valence-electron chi connectivity index (χ0n) is 12.9. The molecule has 0 saturated heterocycles. The van der Waals surface area contributed by atoms with Crippen molar-refractivity contribution >= 4 is 17.5 Å². The first-order chi connectivity index (χ1) is 10.5. The predicted octanol–water partition coefficient (Wildman–Crippen LogP) is 3.79. The van der Waals surface area contributed by atoms with Gasteiger partial charge in [0, 0.05) is 19.4 Å². The van der Waals surface area contributed by atoms with Gasteiger partial charge in [-0.15, -0.1) is 0 Å². The molecule has 0 aliphatic carbocycles. The van der Waals surface area contributed by atoms with Crippen LogP contribution in [0.2, 0.25) is 5.02 Å². The van der Waals surface area contributed by atoms with E-state index < -0.39 is 11.7 Å². The highest BCUT2D eigenvalue weighted by molar-refractivity contribution is 6.34. The summed E-state index contributed by atoms with van der Waals surface area (Å²) >= 11 is 6.09. The standard InChI is InChI=1S/C16H19ClFN3O/c1-4-5-12(15-19-8-9-21(15)3)20-16(22)13-11(18)7-6-10(2)14(13)17/h6-9,12H,4-5H2,1-3H3,(H,20,22). The number of rotatable bonds is 5. The van der Waals surface area contributed by atoms with E-state index in [0.717, 1.165) is 12.2 Å². The first kappa shape index (κ1) is 16.5. The monoisotopic (exact) mass is 323 g/mol. The maximum atomic E-state index is 14.0. The SMILES string of the molecule is CCCC(NC(=O)c1c(F)ccc(C)c1Cl)c1nccn1C. The van der Waals surface area contributed by atoms with Crippen LogP contribution < -0.4 is 5.32 Å². The van der Waals surface area contributed by atoms with E-state index in [2.05, 4.69) is 10.3 Å². The van der Waals surface area contributed by atoms with Crippen molar-refractivity contribution in [2.24, 2.45) is 7.05 Å². The van der Waals surface area contributed by atoms with Crippen molar-refractivity contribution in [3.63, 3.8) is 0 Å². The van der Waals surface area contributed by atoms with Crippen LogP contribution in [-0.2, 0) is 7.05 Å². The minimum absolute atomic E-state index is 0.114. The van der Waals surface area contributed by atoms with Gasteiger partial charge in [-0.1, -0.05) is 31.0 Å². The molecular formula is C16H19ClFN3O. The van der Waals surface area contributed by atoms with Crippen molar-refractivity contribution in [1.29, 1.82) is 0 Å². The van der Waals surface area contributed by atoms with Gasteiger partial charge in [-0.3, -0.25) is 4.79 Å². The Balaban J connectivity index is 2.30. The van der Waals surface area contributed by atoms with E-state index in [4.69, 9.17) is 11.6 Å². The van der Waals surface area contributed by atoms with E-state index in [-0.39, 0.29) is 16.6 Å². The molecule has 1 aromatic heterocycles. The van der Waals surface area contributed by atoms with Crippen molar-refractivity contribution in [1.82, 2.24) is 14.9 Å². The fraction of sp³-hybridized carbons (Fsp3) is 0.375. The Kier molecular flexibility index (Phi) is 5.19. The van der Waals surface area contributed by atoms with E-state index in [1.54, 1.807) is 19.2 Å². The number of aromatic nitrogens is 2. The summed E-state index contributed by atoms with van der Waals surface area (Å²) in [5.74, 6) is -0.407. The van der Waals surface area contributed by atoms with Gasteiger partial charge in [-0.05, 0) is 25.0 Å². The number of carbonyl (C=O) groups excluding carboxylic acids is 1. The number of amides is 1. The number of hydrogen-bond donors (Lipinski definition) is 1. The minimum atomic E-state index is -0.622. The van der Waals surface area contributed by atoms with Crippen molar-refractivity contribution < 1.29 is 9.18 Å². The Bertz CT molecular complexity index is 684. The van der Waals surface area contributed by atoms with E-state index in [9.17, 15) is 9.18 Å². The normalized spacial score (nSPS) is 12.2. The molecule has 4 nitrogen and oxygen atoms in total. The molecule has 0 bridgehead atoms. The number of hydrogen-bond acceptors (Lipinski definition) is 2. The Morgan fingerprint density at radius 1 is 1.50 bits per heavy atom. The molecule has 0 saturated carbocycles. The number of aryl methyl sites for hydroxylation is 2. The number of nitrogens with one attached hydrogen (secondary N) is 1. The largest absolute Gasteiger partial charge is 0.342 e. The molecule has 2 rings (SSSR count). The van der Waals surface area contributed by atoms with Crippen LogP contribution in [0.25, 0.3) is 0 Å². The molecule has 1 heterocycles. The summed E-state index contributed by atoms with van der Waals surface area (Å²) < 4.78 is 15.8. The lowest BCUT2D eigenvalue weighted by atomic mass is 10.1. The Hall–Kier alpha value is -1.88. The molecule has 0 fully saturated rings. The third-order valence-corrected chi connectivity index (χ3v) is 4.05. The lowest BCUT2D eigenvalue weighted by Gasteiger charge is -2.19. The van der Waals surface area contributed by atoms with E-state index in [1.807, 2.05) is 24.7 Å². The second kappa shape index (κ2) is 6.92. The van der Waals surface area contributed by atoms with Gasteiger partial charge in [0.25, 0.3) is 5.91 Å². The summed E-state index contributed by atoms with van der Waals surface area (Å²) in [6, 6.07) is 2.52. The molecule has 1 N–H and O–H groups in total. The number of carbonyl (C=O) groups is 1. The van der Waals surface area contributed by atoms with Crippen LogP contribution in [0.3, 0.4) is 0 Å². The Morgan fingerprint density at radius 3 is 2.82 bits per heavy atom. The van der Waals surface area contributed by atoms with Gasteiger partial charge in [0.15, 0.2) is 0 Å². The maximum absolute atomic E-state index is 14.0. The van der Waals surface area contributed by atoms with Gasteiger partial charge >= 0.3 is 0 Å². The average molecular weight is 324 g/mol. The van der Waals surface area contributed by atoms with Crippen LogP contribution in [0, 0.1) is 12.7 Å². The van der Waals surface area contributed by atoms with Crippen molar-refractivity contribution in [2.75, 3.05) is 0 Å². The highest BCUT2D eigenvalue weighted by atomic mass is 35.5. The van der Waals surface area contributed by atoms with E-state index >= 15 is 0 Å². The molecule has 22 heavy (non-hydrogen) atoms. The van der Waals surface area contributed by atoms with Crippen LogP contribution in [0.15, 0.2) is 24.5 Å². The molecule has 0 spiro atoms. The van der Waals surface area contributed by atoms with Gasteiger partial charge < -0.3 is 9.88 Å². The zero-order valence-corrected chi connectivity index (χ0v) is 13.6. The first-order valence-electron chi connectivity index (χ1n) is 7.18. The molecule has 6 heteroatoms. The lowest BCUT2D eigenvalue weighted by Crippen LogP contribution is -2.31. The summed E-state index contributed by atoms with van der Waals surface area (Å²) in [6.07, 6.45) is 5.05. The third-order valence-electron chi connectivity index (χ3n) is 3.56. The van der Waals surface area contributed by atoms with Gasteiger partial charge in [0.1, 0.15) is 11.6 Å². The van der Waals surface area contributed by atoms with Gasteiger partial charge in [-0.25, -0.2) is 9.37 Å². The third kappa shape index (κ3) is 3.30. The molecule has 0 aliphatic rings. The molecule has 2 aromatic rings. The lowest BCUT2D eigenvalue weighted by molar-refractivity contribution is 0.0928. The quantitative estimate of drug-likeness (QED) is 0.910. The Morgan fingerprint density at radius 2 is 2.23 bits per heavy atom. The topological polar surface area (TPSA) is 46.9 Å². The summed E-state index contributed by atoms with van der Waals surface area (Å²) in [5.41, 5.74) is 0.550. The number of benzene rings is 1. The van der Waals surface area contributed by atoms with Crippen LogP contribution >= 0.6 is 11.6 Å². The summed E-state index contributed by atoms with van der Waals surface area (Å²) in [5, 5.41) is 2.99. The van der Waals surface area contributed by atoms with Crippen molar-refractivity contribution in [3.05, 3.63) is 52.3 Å². The highest BCUT2D eigenvalue weighted by Crippen LogP contribution is 2.25. The van der Waals surface area contributed by atoms with E-state index in [0.29, 0.717) is 12.0 Å². The molecule has 1 amide bonds. The smallest absolute Gasteiger partial charge is 0.256 e. The predicted molar refractivity (Wildman–Crippen MR) is 84.5 cm³/mol. The zero-order chi connectivity index (χ0) is 16.3. The van der Waals surface area contributed by atoms with Crippen LogP contribution in [0.4, 0.5) is 4.39 Å². The van der Waals surface area contributed by atoms with Crippen LogP contribution in [0.1, 0.15) is 47.6 Å². The molecule has 0 radical (unpaired) electrons. The number of nitrogens with zero attached hydrogens (tertiary/aromatic N) is 2. The maximum Gasteiger partial charge on any atom is 0.256 e. The van der Waals surface area contributed by atoms with E-state index in [1.165, 1.54) is 6.07 Å². The average Bonchev–Trinajstić information content (AvgIpc) is 2.89. The molecule has 1 atom stereocenters. The van der Waals surface area contributed by atoms with Crippen LogP contribution in [0.5, 0.6) is 0 Å². The summed E-state index contributed by atoms with van der Waals surface area (Å²) in [7, 11) is 1.86.